The molecule has 0 unspecified atom stereocenters. The van der Waals surface area contributed by atoms with Gasteiger partial charge in [-0.15, -0.1) is 0 Å². The molecule has 8 heteroatoms. The zero-order valence-electron chi connectivity index (χ0n) is 19.0. The number of pyridine rings is 3. The Morgan fingerprint density at radius 2 is 1.89 bits per heavy atom. The fraction of sp³-hybridized carbons (Fsp3) is 0.185. The number of nitrogens with one attached hydrogen (secondary N) is 2. The van der Waals surface area contributed by atoms with E-state index in [9.17, 15) is 0 Å². The molecule has 2 N–H and O–H groups in total. The van der Waals surface area contributed by atoms with Crippen molar-refractivity contribution in [2.24, 2.45) is 0 Å². The summed E-state index contributed by atoms with van der Waals surface area (Å²) in [6.45, 7) is 3.25. The van der Waals surface area contributed by atoms with Crippen LogP contribution in [0, 0.1) is 0 Å². The van der Waals surface area contributed by atoms with Gasteiger partial charge in [0.1, 0.15) is 11.3 Å². The molecule has 6 aromatic rings. The highest BCUT2D eigenvalue weighted by atomic mass is 16.3. The zero-order chi connectivity index (χ0) is 23.2. The molecule has 1 aliphatic rings. The minimum absolute atomic E-state index is 0.808. The average molecular weight is 462 g/mol. The molecule has 0 spiro atoms. The van der Waals surface area contributed by atoms with Crippen molar-refractivity contribution in [2.75, 3.05) is 13.1 Å². The minimum atomic E-state index is 0.808. The van der Waals surface area contributed by atoms with Crippen LogP contribution in [0.5, 0.6) is 0 Å². The molecule has 1 aliphatic heterocycles. The number of H-pyrrole nitrogens is 2. The lowest BCUT2D eigenvalue weighted by Gasteiger charge is -2.14. The SMILES string of the molecule is c1cc(-c2ccoc2)c2cc(-c3n[nH]c4cnc(-c5cncc(CN6CCCC6)c5)cc34)[nH]c2n1. The second-order valence-corrected chi connectivity index (χ2v) is 9.07. The van der Waals surface area contributed by atoms with Crippen LogP contribution < -0.4 is 0 Å². The quantitative estimate of drug-likeness (QED) is 0.356. The van der Waals surface area contributed by atoms with Crippen molar-refractivity contribution < 1.29 is 4.42 Å². The maximum Gasteiger partial charge on any atom is 0.138 e. The number of hydrogen-bond acceptors (Lipinski definition) is 6. The van der Waals surface area contributed by atoms with Gasteiger partial charge in [0.25, 0.3) is 0 Å². The number of furan rings is 1. The third-order valence-electron chi connectivity index (χ3n) is 6.76. The Labute approximate surface area is 201 Å². The fourth-order valence-corrected chi connectivity index (χ4v) is 5.02. The molecule has 6 aromatic heterocycles. The molecule has 0 aliphatic carbocycles. The summed E-state index contributed by atoms with van der Waals surface area (Å²) in [5.41, 5.74) is 8.60. The van der Waals surface area contributed by atoms with Gasteiger partial charge in [0, 0.05) is 47.0 Å². The highest BCUT2D eigenvalue weighted by molar-refractivity contribution is 6.00. The molecule has 1 fully saturated rings. The molecule has 0 atom stereocenters. The van der Waals surface area contributed by atoms with Crippen LogP contribution in [0.4, 0.5) is 0 Å². The van der Waals surface area contributed by atoms with Crippen LogP contribution in [0.25, 0.3) is 55.7 Å². The third kappa shape index (κ3) is 3.59. The summed E-state index contributed by atoms with van der Waals surface area (Å²) in [6, 6.07) is 10.3. The lowest BCUT2D eigenvalue weighted by molar-refractivity contribution is 0.331. The summed E-state index contributed by atoms with van der Waals surface area (Å²) in [6.07, 6.45) is 13.5. The number of aromatic amines is 2. The predicted molar refractivity (Wildman–Crippen MR) is 134 cm³/mol. The molecule has 172 valence electrons. The predicted octanol–water partition coefficient (Wildman–Crippen LogP) is 5.42. The normalized spacial score (nSPS) is 14.4. The number of fused-ring (bicyclic) bond motifs is 2. The standard InChI is InChI=1S/C27H23N7O/c1-2-7-34(6-1)15-17-9-19(13-28-12-17)23-11-22-25(14-30-23)32-33-26(22)24-10-21-20(18-4-8-35-16-18)3-5-29-27(21)31-24/h3-5,8-14,16H,1-2,6-7,15H2,(H,29,31)(H,32,33). The third-order valence-corrected chi connectivity index (χ3v) is 6.76. The summed E-state index contributed by atoms with van der Waals surface area (Å²) in [5, 5.41) is 9.75. The van der Waals surface area contributed by atoms with E-state index in [4.69, 9.17) is 4.42 Å². The van der Waals surface area contributed by atoms with Crippen LogP contribution >= 0.6 is 0 Å². The fourth-order valence-electron chi connectivity index (χ4n) is 5.02. The van der Waals surface area contributed by atoms with E-state index in [1.165, 1.54) is 18.4 Å². The van der Waals surface area contributed by atoms with Gasteiger partial charge in [-0.1, -0.05) is 0 Å². The molecule has 0 bridgehead atoms. The van der Waals surface area contributed by atoms with Crippen molar-refractivity contribution in [2.45, 2.75) is 19.4 Å². The molecule has 1 saturated heterocycles. The monoisotopic (exact) mass is 461 g/mol. The molecule has 0 saturated carbocycles. The van der Waals surface area contributed by atoms with Crippen LogP contribution in [0.15, 0.2) is 72.1 Å². The second-order valence-electron chi connectivity index (χ2n) is 9.07. The topological polar surface area (TPSA) is 99.5 Å². The van der Waals surface area contributed by atoms with E-state index in [2.05, 4.69) is 53.2 Å². The van der Waals surface area contributed by atoms with Crippen molar-refractivity contribution >= 4 is 21.9 Å². The van der Waals surface area contributed by atoms with E-state index in [0.717, 1.165) is 75.3 Å². The van der Waals surface area contributed by atoms with E-state index >= 15 is 0 Å². The van der Waals surface area contributed by atoms with Crippen LogP contribution in [0.1, 0.15) is 18.4 Å². The van der Waals surface area contributed by atoms with Crippen molar-refractivity contribution in [3.05, 3.63) is 73.2 Å². The number of aromatic nitrogens is 6. The van der Waals surface area contributed by atoms with Crippen molar-refractivity contribution in [3.63, 3.8) is 0 Å². The molecule has 0 radical (unpaired) electrons. The average Bonchev–Trinajstić information content (AvgIpc) is 3.70. The molecule has 0 aromatic carbocycles. The van der Waals surface area contributed by atoms with Crippen LogP contribution in [-0.2, 0) is 6.54 Å². The van der Waals surface area contributed by atoms with Crippen molar-refractivity contribution in [1.82, 2.24) is 35.0 Å². The summed E-state index contributed by atoms with van der Waals surface area (Å²) in [5.74, 6) is 0. The molecule has 7 rings (SSSR count). The van der Waals surface area contributed by atoms with Crippen LogP contribution in [-0.4, -0.2) is 48.1 Å². The van der Waals surface area contributed by atoms with Gasteiger partial charge in [0.05, 0.1) is 35.6 Å². The van der Waals surface area contributed by atoms with Crippen molar-refractivity contribution in [1.29, 1.82) is 0 Å². The van der Waals surface area contributed by atoms with E-state index in [-0.39, 0.29) is 0 Å². The second kappa shape index (κ2) is 8.18. The Morgan fingerprint density at radius 1 is 0.943 bits per heavy atom. The summed E-state index contributed by atoms with van der Waals surface area (Å²) in [4.78, 5) is 19.6. The maximum atomic E-state index is 5.29. The van der Waals surface area contributed by atoms with Gasteiger partial charge in [-0.2, -0.15) is 5.10 Å². The lowest BCUT2D eigenvalue weighted by atomic mass is 10.1. The van der Waals surface area contributed by atoms with Gasteiger partial charge in [0.2, 0.25) is 0 Å². The van der Waals surface area contributed by atoms with Gasteiger partial charge in [-0.05, 0) is 67.4 Å². The maximum absolute atomic E-state index is 5.29. The van der Waals surface area contributed by atoms with E-state index in [1.807, 2.05) is 30.7 Å². The first-order valence-electron chi connectivity index (χ1n) is 11.8. The lowest BCUT2D eigenvalue weighted by Crippen LogP contribution is -2.18. The summed E-state index contributed by atoms with van der Waals surface area (Å²) in [7, 11) is 0. The molecule has 35 heavy (non-hydrogen) atoms. The molecular formula is C27H23N7O. The van der Waals surface area contributed by atoms with Gasteiger partial charge >= 0.3 is 0 Å². The Bertz CT molecular complexity index is 1640. The number of rotatable bonds is 5. The highest BCUT2D eigenvalue weighted by Gasteiger charge is 2.16. The Kier molecular flexibility index (Phi) is 4.70. The highest BCUT2D eigenvalue weighted by Crippen LogP contribution is 2.34. The zero-order valence-corrected chi connectivity index (χ0v) is 19.0. The van der Waals surface area contributed by atoms with E-state index < -0.39 is 0 Å². The summed E-state index contributed by atoms with van der Waals surface area (Å²) < 4.78 is 5.29. The number of hydrogen-bond donors (Lipinski definition) is 2. The van der Waals surface area contributed by atoms with Crippen LogP contribution in [0.3, 0.4) is 0 Å². The Hall–Kier alpha value is -4.30. The molecule has 0 amide bonds. The van der Waals surface area contributed by atoms with Gasteiger partial charge < -0.3 is 9.40 Å². The first-order chi connectivity index (χ1) is 17.3. The first-order valence-corrected chi connectivity index (χ1v) is 11.8. The van der Waals surface area contributed by atoms with Crippen molar-refractivity contribution in [3.8, 4) is 33.8 Å². The summed E-state index contributed by atoms with van der Waals surface area (Å²) >= 11 is 0. The smallest absolute Gasteiger partial charge is 0.138 e. The van der Waals surface area contributed by atoms with Gasteiger partial charge in [-0.3, -0.25) is 20.0 Å². The Morgan fingerprint density at radius 3 is 2.77 bits per heavy atom. The molecule has 7 heterocycles. The van der Waals surface area contributed by atoms with Crippen LogP contribution in [0.2, 0.25) is 0 Å². The Balaban J connectivity index is 1.28. The number of likely N-dealkylation sites (tertiary alicyclic amines) is 1. The van der Waals surface area contributed by atoms with E-state index in [0.29, 0.717) is 0 Å². The molecule has 8 nitrogen and oxygen atoms in total. The first kappa shape index (κ1) is 20.1. The number of nitrogens with zero attached hydrogens (tertiary/aromatic N) is 5. The van der Waals surface area contributed by atoms with Gasteiger partial charge in [-0.25, -0.2) is 4.98 Å². The van der Waals surface area contributed by atoms with E-state index in [1.54, 1.807) is 18.7 Å². The van der Waals surface area contributed by atoms with Gasteiger partial charge in [0.15, 0.2) is 0 Å². The molecular weight excluding hydrogens is 438 g/mol. The largest absolute Gasteiger partial charge is 0.472 e. The minimum Gasteiger partial charge on any atom is -0.472 e.